The Morgan fingerprint density at radius 3 is 2.27 bits per heavy atom. The SMILES string of the molecule is CC(C)(C)OC(=O)S(=O)CN. The molecule has 2 N–H and O–H groups in total. The molecule has 0 aliphatic rings. The summed E-state index contributed by atoms with van der Waals surface area (Å²) >= 11 is 0. The first kappa shape index (κ1) is 10.6. The molecule has 0 aromatic heterocycles. The fraction of sp³-hybridized carbons (Fsp3) is 0.833. The number of rotatable bonds is 1. The molecular formula is C6H13NO3S. The molecule has 1 unspecified atom stereocenters. The highest BCUT2D eigenvalue weighted by Crippen LogP contribution is 2.08. The number of carbonyl (C=O) groups is 1. The molecule has 4 nitrogen and oxygen atoms in total. The maximum Gasteiger partial charge on any atom is 0.399 e. The van der Waals surface area contributed by atoms with Gasteiger partial charge >= 0.3 is 5.30 Å². The van der Waals surface area contributed by atoms with Crippen molar-refractivity contribution in [2.75, 3.05) is 5.88 Å². The van der Waals surface area contributed by atoms with Gasteiger partial charge in [0.05, 0.1) is 5.88 Å². The van der Waals surface area contributed by atoms with E-state index in [9.17, 15) is 9.00 Å². The van der Waals surface area contributed by atoms with Crippen molar-refractivity contribution in [1.82, 2.24) is 0 Å². The van der Waals surface area contributed by atoms with Crippen molar-refractivity contribution in [3.63, 3.8) is 0 Å². The van der Waals surface area contributed by atoms with Crippen molar-refractivity contribution in [2.45, 2.75) is 26.4 Å². The lowest BCUT2D eigenvalue weighted by molar-refractivity contribution is 0.0728. The third-order valence-corrected chi connectivity index (χ3v) is 1.48. The van der Waals surface area contributed by atoms with Crippen LogP contribution < -0.4 is 5.73 Å². The highest BCUT2D eigenvalue weighted by Gasteiger charge is 2.20. The predicted octanol–water partition coefficient (Wildman–Crippen LogP) is 0.586. The van der Waals surface area contributed by atoms with E-state index >= 15 is 0 Å². The summed E-state index contributed by atoms with van der Waals surface area (Å²) in [5.41, 5.74) is 4.40. The van der Waals surface area contributed by atoms with Crippen LogP contribution in [-0.4, -0.2) is 21.0 Å². The van der Waals surface area contributed by atoms with Crippen molar-refractivity contribution >= 4 is 16.1 Å². The van der Waals surface area contributed by atoms with Crippen LogP contribution in [0.25, 0.3) is 0 Å². The highest BCUT2D eigenvalue weighted by molar-refractivity contribution is 7.99. The quantitative estimate of drug-likeness (QED) is 0.598. The molecule has 66 valence electrons. The summed E-state index contributed by atoms with van der Waals surface area (Å²) in [6, 6.07) is 0. The van der Waals surface area contributed by atoms with Crippen LogP contribution in [0.5, 0.6) is 0 Å². The van der Waals surface area contributed by atoms with Crippen LogP contribution in [0.4, 0.5) is 4.79 Å². The van der Waals surface area contributed by atoms with Crippen LogP contribution >= 0.6 is 0 Å². The van der Waals surface area contributed by atoms with E-state index in [4.69, 9.17) is 10.5 Å². The third-order valence-electron chi connectivity index (χ3n) is 0.727. The van der Waals surface area contributed by atoms with Gasteiger partial charge in [-0.25, -0.2) is 9.00 Å². The van der Waals surface area contributed by atoms with Gasteiger partial charge in [-0.05, 0) is 20.8 Å². The second kappa shape index (κ2) is 3.82. The van der Waals surface area contributed by atoms with Crippen LogP contribution in [0, 0.1) is 0 Å². The molecule has 0 aromatic rings. The van der Waals surface area contributed by atoms with E-state index in [0.717, 1.165) is 0 Å². The zero-order chi connectivity index (χ0) is 9.07. The van der Waals surface area contributed by atoms with Gasteiger partial charge in [-0.3, -0.25) is 0 Å². The minimum Gasteiger partial charge on any atom is -0.450 e. The van der Waals surface area contributed by atoms with Crippen LogP contribution in [0.15, 0.2) is 0 Å². The van der Waals surface area contributed by atoms with E-state index in [0.29, 0.717) is 0 Å². The van der Waals surface area contributed by atoms with Crippen molar-refractivity contribution in [1.29, 1.82) is 0 Å². The number of hydrogen-bond donors (Lipinski definition) is 1. The lowest BCUT2D eigenvalue weighted by Gasteiger charge is -2.18. The van der Waals surface area contributed by atoms with E-state index in [1.165, 1.54) is 0 Å². The molecule has 0 fully saturated rings. The smallest absolute Gasteiger partial charge is 0.399 e. The first-order chi connectivity index (χ1) is 4.87. The van der Waals surface area contributed by atoms with Gasteiger partial charge in [0.15, 0.2) is 0 Å². The summed E-state index contributed by atoms with van der Waals surface area (Å²) in [7, 11) is -1.70. The van der Waals surface area contributed by atoms with Gasteiger partial charge in [0.1, 0.15) is 16.4 Å². The standard InChI is InChI=1S/C6H13NO3S/c1-6(2,3)10-5(8)11(9)4-7/h4,7H2,1-3H3. The number of ether oxygens (including phenoxy) is 1. The third kappa shape index (κ3) is 4.92. The summed E-state index contributed by atoms with van der Waals surface area (Å²) in [6.07, 6.45) is 0. The Morgan fingerprint density at radius 2 is 2.00 bits per heavy atom. The monoisotopic (exact) mass is 179 g/mol. The second-order valence-electron chi connectivity index (χ2n) is 2.98. The van der Waals surface area contributed by atoms with Gasteiger partial charge in [0.25, 0.3) is 0 Å². The van der Waals surface area contributed by atoms with Crippen LogP contribution in [0.2, 0.25) is 0 Å². The van der Waals surface area contributed by atoms with Gasteiger partial charge in [0.2, 0.25) is 0 Å². The molecule has 0 aliphatic carbocycles. The van der Waals surface area contributed by atoms with E-state index in [-0.39, 0.29) is 5.88 Å². The van der Waals surface area contributed by atoms with Gasteiger partial charge < -0.3 is 10.5 Å². The summed E-state index contributed by atoms with van der Waals surface area (Å²) in [5.74, 6) is -0.186. The molecule has 0 saturated heterocycles. The minimum absolute atomic E-state index is 0.186. The normalized spacial score (nSPS) is 14.2. The molecule has 0 spiro atoms. The van der Waals surface area contributed by atoms with Gasteiger partial charge in [-0.1, -0.05) is 0 Å². The molecule has 0 aromatic carbocycles. The lowest BCUT2D eigenvalue weighted by atomic mass is 10.2. The molecule has 0 saturated carbocycles. The fourth-order valence-corrected chi connectivity index (χ4v) is 0.844. The molecule has 0 aliphatic heterocycles. The Bertz CT molecular complexity index is 173. The van der Waals surface area contributed by atoms with Crippen molar-refractivity contribution in [2.24, 2.45) is 5.73 Å². The first-order valence-electron chi connectivity index (χ1n) is 3.18. The van der Waals surface area contributed by atoms with Crippen LogP contribution in [0.3, 0.4) is 0 Å². The molecule has 0 radical (unpaired) electrons. The molecule has 0 rings (SSSR count). The van der Waals surface area contributed by atoms with Gasteiger partial charge in [0, 0.05) is 0 Å². The largest absolute Gasteiger partial charge is 0.450 e. The second-order valence-corrected chi connectivity index (χ2v) is 4.33. The molecule has 11 heavy (non-hydrogen) atoms. The minimum atomic E-state index is -1.70. The molecular weight excluding hydrogens is 166 g/mol. The van der Waals surface area contributed by atoms with Crippen molar-refractivity contribution in [3.05, 3.63) is 0 Å². The Labute approximate surface area is 68.6 Å². The number of hydrogen-bond acceptors (Lipinski definition) is 4. The van der Waals surface area contributed by atoms with E-state index in [2.05, 4.69) is 0 Å². The molecule has 0 amide bonds. The van der Waals surface area contributed by atoms with E-state index in [1.54, 1.807) is 20.8 Å². The van der Waals surface area contributed by atoms with E-state index < -0.39 is 21.7 Å². The average Bonchev–Trinajstić information content (AvgIpc) is 1.82. The zero-order valence-electron chi connectivity index (χ0n) is 6.92. The Kier molecular flexibility index (Phi) is 3.68. The number of nitrogens with two attached hydrogens (primary N) is 1. The lowest BCUT2D eigenvalue weighted by Crippen LogP contribution is -2.27. The molecule has 5 heteroatoms. The summed E-state index contributed by atoms with van der Waals surface area (Å²) in [6.45, 7) is 5.12. The van der Waals surface area contributed by atoms with Crippen molar-refractivity contribution < 1.29 is 13.7 Å². The van der Waals surface area contributed by atoms with Gasteiger partial charge in [-0.15, -0.1) is 0 Å². The van der Waals surface area contributed by atoms with E-state index in [1.807, 2.05) is 0 Å². The van der Waals surface area contributed by atoms with Crippen LogP contribution in [-0.2, 0) is 15.5 Å². The summed E-state index contributed by atoms with van der Waals surface area (Å²) < 4.78 is 15.5. The fourth-order valence-electron chi connectivity index (χ4n) is 0.365. The summed E-state index contributed by atoms with van der Waals surface area (Å²) in [4.78, 5) is 10.8. The van der Waals surface area contributed by atoms with Crippen LogP contribution in [0.1, 0.15) is 20.8 Å². The molecule has 0 heterocycles. The predicted molar refractivity (Wildman–Crippen MR) is 43.4 cm³/mol. The topological polar surface area (TPSA) is 69.4 Å². The highest BCUT2D eigenvalue weighted by atomic mass is 32.2. The van der Waals surface area contributed by atoms with Crippen molar-refractivity contribution in [3.8, 4) is 0 Å². The maximum absolute atomic E-state index is 10.8. The maximum atomic E-state index is 10.8. The van der Waals surface area contributed by atoms with Gasteiger partial charge in [-0.2, -0.15) is 0 Å². The Balaban J connectivity index is 3.99. The summed E-state index contributed by atoms with van der Waals surface area (Å²) in [5, 5.41) is -0.750. The average molecular weight is 179 g/mol. The Morgan fingerprint density at radius 1 is 1.55 bits per heavy atom. The first-order valence-corrected chi connectivity index (χ1v) is 4.50. The Hall–Kier alpha value is -0.420. The molecule has 1 atom stereocenters. The molecule has 0 bridgehead atoms. The zero-order valence-corrected chi connectivity index (χ0v) is 7.73. The number of carbonyl (C=O) groups excluding carboxylic acids is 1.